The van der Waals surface area contributed by atoms with E-state index in [1.165, 1.54) is 4.90 Å². The molecule has 0 spiro atoms. The first kappa shape index (κ1) is 18.7. The lowest BCUT2D eigenvalue weighted by molar-refractivity contribution is -0.142. The second-order valence-electron chi connectivity index (χ2n) is 5.97. The number of aliphatic hydroxyl groups is 1. The molecule has 0 aromatic rings. The highest BCUT2D eigenvalue weighted by molar-refractivity contribution is 5.83. The van der Waals surface area contributed by atoms with Gasteiger partial charge in [-0.3, -0.25) is 0 Å². The lowest BCUT2D eigenvalue weighted by Crippen LogP contribution is -2.55. The molecule has 0 aromatic heterocycles. The van der Waals surface area contributed by atoms with Crippen LogP contribution in [0.2, 0.25) is 0 Å². The lowest BCUT2D eigenvalue weighted by Gasteiger charge is -2.34. The van der Waals surface area contributed by atoms with Crippen molar-refractivity contribution in [2.45, 2.75) is 59.5 Å². The van der Waals surface area contributed by atoms with Crippen molar-refractivity contribution in [2.75, 3.05) is 13.2 Å². The molecule has 0 aromatic carbocycles. The molecule has 3 N–H and O–H groups in total. The van der Waals surface area contributed by atoms with Crippen LogP contribution in [0, 0.1) is 5.41 Å². The van der Waals surface area contributed by atoms with Gasteiger partial charge < -0.3 is 20.4 Å². The van der Waals surface area contributed by atoms with E-state index in [4.69, 9.17) is 5.11 Å². The van der Waals surface area contributed by atoms with Crippen LogP contribution in [0.5, 0.6) is 0 Å². The van der Waals surface area contributed by atoms with Gasteiger partial charge in [-0.2, -0.15) is 0 Å². The zero-order valence-electron chi connectivity index (χ0n) is 13.1. The summed E-state index contributed by atoms with van der Waals surface area (Å²) < 4.78 is 0. The Bertz CT molecular complexity index is 322. The monoisotopic (exact) mass is 288 g/mol. The minimum atomic E-state index is -1.06. The maximum Gasteiger partial charge on any atom is 0.326 e. The number of nitrogens with zero attached hydrogens (tertiary/aromatic N) is 1. The number of carboxylic acids is 1. The van der Waals surface area contributed by atoms with E-state index in [1.54, 1.807) is 20.8 Å². The van der Waals surface area contributed by atoms with Gasteiger partial charge >= 0.3 is 12.0 Å². The minimum Gasteiger partial charge on any atom is -0.480 e. The fourth-order valence-electron chi connectivity index (χ4n) is 2.14. The van der Waals surface area contributed by atoms with E-state index < -0.39 is 23.5 Å². The Labute approximate surface area is 121 Å². The zero-order chi connectivity index (χ0) is 15.9. The summed E-state index contributed by atoms with van der Waals surface area (Å²) in [7, 11) is 0. The van der Waals surface area contributed by atoms with Crippen LogP contribution in [-0.2, 0) is 4.79 Å². The number of hydrogen-bond donors (Lipinski definition) is 3. The Hall–Kier alpha value is -1.30. The van der Waals surface area contributed by atoms with Crippen molar-refractivity contribution in [3.63, 3.8) is 0 Å². The predicted octanol–water partition coefficient (Wildman–Crippen LogP) is 1.68. The number of carbonyl (C=O) groups is 2. The SMILES string of the molecule is CCC(CC)N(CCO)C(=O)NC(C(=O)O)C(C)(C)C. The molecule has 0 saturated heterocycles. The molecule has 2 amide bonds. The number of urea groups is 1. The summed E-state index contributed by atoms with van der Waals surface area (Å²) in [5, 5.41) is 20.9. The zero-order valence-corrected chi connectivity index (χ0v) is 13.1. The first-order valence-electron chi connectivity index (χ1n) is 7.09. The van der Waals surface area contributed by atoms with Crippen LogP contribution < -0.4 is 5.32 Å². The first-order chi connectivity index (χ1) is 9.18. The maximum atomic E-state index is 12.3. The van der Waals surface area contributed by atoms with Gasteiger partial charge in [0.15, 0.2) is 0 Å². The predicted molar refractivity (Wildman–Crippen MR) is 77.6 cm³/mol. The van der Waals surface area contributed by atoms with Crippen LogP contribution in [0.15, 0.2) is 0 Å². The third-order valence-corrected chi connectivity index (χ3v) is 3.37. The van der Waals surface area contributed by atoms with E-state index in [9.17, 15) is 14.7 Å². The fourth-order valence-corrected chi connectivity index (χ4v) is 2.14. The van der Waals surface area contributed by atoms with Crippen molar-refractivity contribution in [3.8, 4) is 0 Å². The standard InChI is InChI=1S/C14H28N2O4/c1-6-10(7-2)16(8-9-17)13(20)15-11(12(18)19)14(3,4)5/h10-11,17H,6-9H2,1-5H3,(H,15,20)(H,18,19). The molecule has 6 nitrogen and oxygen atoms in total. The molecule has 0 radical (unpaired) electrons. The third kappa shape index (κ3) is 5.36. The molecular weight excluding hydrogens is 260 g/mol. The quantitative estimate of drug-likeness (QED) is 0.665. The molecule has 0 aliphatic heterocycles. The molecule has 0 heterocycles. The molecule has 1 unspecified atom stereocenters. The fraction of sp³-hybridized carbons (Fsp3) is 0.857. The number of rotatable bonds is 7. The maximum absolute atomic E-state index is 12.3. The summed E-state index contributed by atoms with van der Waals surface area (Å²) in [4.78, 5) is 25.1. The third-order valence-electron chi connectivity index (χ3n) is 3.37. The van der Waals surface area contributed by atoms with Crippen LogP contribution in [0.4, 0.5) is 4.79 Å². The van der Waals surface area contributed by atoms with Crippen molar-refractivity contribution < 1.29 is 19.8 Å². The highest BCUT2D eigenvalue weighted by atomic mass is 16.4. The largest absolute Gasteiger partial charge is 0.480 e. The van der Waals surface area contributed by atoms with Crippen molar-refractivity contribution in [1.29, 1.82) is 0 Å². The van der Waals surface area contributed by atoms with Crippen molar-refractivity contribution in [1.82, 2.24) is 10.2 Å². The molecule has 6 heteroatoms. The topological polar surface area (TPSA) is 89.9 Å². The average Bonchev–Trinajstić information content (AvgIpc) is 2.34. The summed E-state index contributed by atoms with van der Waals surface area (Å²) >= 11 is 0. The molecule has 1 atom stereocenters. The summed E-state index contributed by atoms with van der Waals surface area (Å²) in [5.41, 5.74) is -0.583. The number of amides is 2. The average molecular weight is 288 g/mol. The molecule has 118 valence electrons. The second kappa shape index (κ2) is 8.09. The second-order valence-corrected chi connectivity index (χ2v) is 5.97. The summed E-state index contributed by atoms with van der Waals surface area (Å²) in [6.45, 7) is 9.28. The van der Waals surface area contributed by atoms with E-state index >= 15 is 0 Å². The Balaban J connectivity index is 5.02. The number of nitrogens with one attached hydrogen (secondary N) is 1. The molecular formula is C14H28N2O4. The summed E-state index contributed by atoms with van der Waals surface area (Å²) in [6.07, 6.45) is 1.52. The molecule has 0 aliphatic carbocycles. The van der Waals surface area contributed by atoms with Crippen LogP contribution in [0.3, 0.4) is 0 Å². The van der Waals surface area contributed by atoms with E-state index in [1.807, 2.05) is 13.8 Å². The summed E-state index contributed by atoms with van der Waals surface area (Å²) in [5.74, 6) is -1.06. The number of aliphatic hydroxyl groups excluding tert-OH is 1. The molecule has 0 fully saturated rings. The van der Waals surface area contributed by atoms with E-state index in [-0.39, 0.29) is 19.2 Å². The first-order valence-corrected chi connectivity index (χ1v) is 7.09. The molecule has 0 bridgehead atoms. The van der Waals surface area contributed by atoms with Gasteiger partial charge in [0.05, 0.1) is 6.61 Å². The van der Waals surface area contributed by atoms with Crippen LogP contribution in [0.1, 0.15) is 47.5 Å². The molecule has 20 heavy (non-hydrogen) atoms. The number of aliphatic carboxylic acids is 1. The Morgan fingerprint density at radius 2 is 1.70 bits per heavy atom. The smallest absolute Gasteiger partial charge is 0.326 e. The van der Waals surface area contributed by atoms with Gasteiger partial charge in [0.1, 0.15) is 6.04 Å². The molecule has 0 rings (SSSR count). The van der Waals surface area contributed by atoms with E-state index in [0.717, 1.165) is 12.8 Å². The Kier molecular flexibility index (Phi) is 7.57. The van der Waals surface area contributed by atoms with Gasteiger partial charge in [-0.25, -0.2) is 9.59 Å². The van der Waals surface area contributed by atoms with Crippen LogP contribution in [0.25, 0.3) is 0 Å². The van der Waals surface area contributed by atoms with Crippen molar-refractivity contribution in [3.05, 3.63) is 0 Å². The highest BCUT2D eigenvalue weighted by Gasteiger charge is 2.34. The lowest BCUT2D eigenvalue weighted by atomic mass is 9.87. The van der Waals surface area contributed by atoms with Gasteiger partial charge in [0.25, 0.3) is 0 Å². The highest BCUT2D eigenvalue weighted by Crippen LogP contribution is 2.20. The minimum absolute atomic E-state index is 0.00318. The van der Waals surface area contributed by atoms with Gasteiger partial charge in [-0.15, -0.1) is 0 Å². The van der Waals surface area contributed by atoms with E-state index in [2.05, 4.69) is 5.32 Å². The van der Waals surface area contributed by atoms with Crippen molar-refractivity contribution >= 4 is 12.0 Å². The van der Waals surface area contributed by atoms with Crippen LogP contribution >= 0.6 is 0 Å². The summed E-state index contributed by atoms with van der Waals surface area (Å²) in [6, 6.07) is -1.41. The Morgan fingerprint density at radius 1 is 1.20 bits per heavy atom. The normalized spacial score (nSPS) is 13.2. The van der Waals surface area contributed by atoms with E-state index in [0.29, 0.717) is 0 Å². The van der Waals surface area contributed by atoms with Gasteiger partial charge in [0, 0.05) is 12.6 Å². The van der Waals surface area contributed by atoms with Gasteiger partial charge in [0.2, 0.25) is 0 Å². The van der Waals surface area contributed by atoms with Gasteiger partial charge in [-0.05, 0) is 18.3 Å². The van der Waals surface area contributed by atoms with Crippen molar-refractivity contribution in [2.24, 2.45) is 5.41 Å². The molecule has 0 saturated carbocycles. The van der Waals surface area contributed by atoms with Gasteiger partial charge in [-0.1, -0.05) is 34.6 Å². The Morgan fingerprint density at radius 3 is 2.00 bits per heavy atom. The molecule has 0 aliphatic rings. The van der Waals surface area contributed by atoms with Crippen LogP contribution in [-0.4, -0.2) is 52.3 Å². The number of carbonyl (C=O) groups excluding carboxylic acids is 1. The number of hydrogen-bond acceptors (Lipinski definition) is 3. The number of carboxylic acid groups (broad SMARTS) is 1.